The number of hydrogen-bond acceptors (Lipinski definition) is 0. The molecule has 11 heavy (non-hydrogen) atoms. The van der Waals surface area contributed by atoms with E-state index >= 15 is 0 Å². The molecule has 2 aliphatic rings. The summed E-state index contributed by atoms with van der Waals surface area (Å²) < 4.78 is 0.933. The van der Waals surface area contributed by atoms with Crippen molar-refractivity contribution in [2.45, 2.75) is 36.0 Å². The minimum atomic E-state index is 0.933. The minimum Gasteiger partial charge on any atom is -0.0872 e. The van der Waals surface area contributed by atoms with Crippen molar-refractivity contribution in [3.63, 3.8) is 0 Å². The van der Waals surface area contributed by atoms with E-state index in [1.54, 1.807) is 0 Å². The number of fused-ring (bicyclic) bond motifs is 1. The standard InChI is InChI=1S/C10H15I/c11-10-7-3-5-8-4-1-2-6-9(8)10/h3,5,8-10H,1-2,4,6-7H2. The second-order valence-corrected chi connectivity index (χ2v) is 5.39. The summed E-state index contributed by atoms with van der Waals surface area (Å²) in [5, 5.41) is 0. The molecular weight excluding hydrogens is 247 g/mol. The molecule has 1 heteroatoms. The molecule has 0 nitrogen and oxygen atoms in total. The zero-order valence-electron chi connectivity index (χ0n) is 6.80. The van der Waals surface area contributed by atoms with Gasteiger partial charge in [-0.15, -0.1) is 0 Å². The molecule has 0 bridgehead atoms. The van der Waals surface area contributed by atoms with Gasteiger partial charge < -0.3 is 0 Å². The molecule has 2 rings (SSSR count). The fourth-order valence-corrected chi connectivity index (χ4v) is 3.62. The Hall–Kier alpha value is 0.470. The zero-order chi connectivity index (χ0) is 7.68. The van der Waals surface area contributed by atoms with Crippen LogP contribution in [0.3, 0.4) is 0 Å². The maximum absolute atomic E-state index is 2.64. The van der Waals surface area contributed by atoms with Crippen molar-refractivity contribution >= 4 is 22.6 Å². The second kappa shape index (κ2) is 3.46. The molecule has 0 spiro atoms. The highest BCUT2D eigenvalue weighted by Gasteiger charge is 2.30. The first kappa shape index (κ1) is 8.09. The van der Waals surface area contributed by atoms with E-state index in [1.165, 1.54) is 32.1 Å². The van der Waals surface area contributed by atoms with Gasteiger partial charge in [0.15, 0.2) is 0 Å². The van der Waals surface area contributed by atoms with Crippen LogP contribution in [0.2, 0.25) is 0 Å². The first-order valence-electron chi connectivity index (χ1n) is 4.68. The molecule has 0 aliphatic heterocycles. The molecule has 3 atom stereocenters. The molecule has 0 aromatic rings. The quantitative estimate of drug-likeness (QED) is 0.356. The molecule has 0 N–H and O–H groups in total. The van der Waals surface area contributed by atoms with E-state index in [0.29, 0.717) is 0 Å². The van der Waals surface area contributed by atoms with Crippen LogP contribution in [-0.4, -0.2) is 3.92 Å². The molecule has 1 saturated carbocycles. The SMILES string of the molecule is IC1CC=CC2CCCCC12. The third kappa shape index (κ3) is 1.63. The molecule has 0 heterocycles. The highest BCUT2D eigenvalue weighted by atomic mass is 127. The second-order valence-electron chi connectivity index (χ2n) is 3.79. The first-order chi connectivity index (χ1) is 5.38. The minimum absolute atomic E-state index is 0.933. The first-order valence-corrected chi connectivity index (χ1v) is 5.93. The summed E-state index contributed by atoms with van der Waals surface area (Å²) in [6.07, 6.45) is 12.1. The maximum Gasteiger partial charge on any atom is 0.0178 e. The average Bonchev–Trinajstić information content (AvgIpc) is 2.06. The Labute approximate surface area is 82.6 Å². The van der Waals surface area contributed by atoms with Crippen LogP contribution in [0, 0.1) is 11.8 Å². The lowest BCUT2D eigenvalue weighted by atomic mass is 9.74. The number of rotatable bonds is 0. The molecule has 0 aromatic heterocycles. The summed E-state index contributed by atoms with van der Waals surface area (Å²) in [7, 11) is 0. The fraction of sp³-hybridized carbons (Fsp3) is 0.800. The number of alkyl halides is 1. The van der Waals surface area contributed by atoms with Crippen molar-refractivity contribution in [1.82, 2.24) is 0 Å². The van der Waals surface area contributed by atoms with Gasteiger partial charge in [-0.1, -0.05) is 47.6 Å². The van der Waals surface area contributed by atoms with Crippen LogP contribution in [-0.2, 0) is 0 Å². The molecule has 0 radical (unpaired) electrons. The summed E-state index contributed by atoms with van der Waals surface area (Å²) in [4.78, 5) is 0. The molecule has 0 saturated heterocycles. The molecule has 0 aromatic carbocycles. The van der Waals surface area contributed by atoms with Crippen LogP contribution in [0.5, 0.6) is 0 Å². The summed E-state index contributed by atoms with van der Waals surface area (Å²) in [5.74, 6) is 1.97. The van der Waals surface area contributed by atoms with Crippen molar-refractivity contribution in [2.75, 3.05) is 0 Å². The van der Waals surface area contributed by atoms with E-state index < -0.39 is 0 Å². The largest absolute Gasteiger partial charge is 0.0872 e. The van der Waals surface area contributed by atoms with Crippen LogP contribution in [0.15, 0.2) is 12.2 Å². The van der Waals surface area contributed by atoms with Gasteiger partial charge in [0, 0.05) is 3.92 Å². The molecule has 0 amide bonds. The van der Waals surface area contributed by atoms with Gasteiger partial charge in [0.05, 0.1) is 0 Å². The molecule has 1 fully saturated rings. The Morgan fingerprint density at radius 1 is 1.18 bits per heavy atom. The normalized spacial score (nSPS) is 43.5. The Kier molecular flexibility index (Phi) is 2.54. The molecule has 2 aliphatic carbocycles. The third-order valence-corrected chi connectivity index (χ3v) is 4.52. The van der Waals surface area contributed by atoms with E-state index in [-0.39, 0.29) is 0 Å². The topological polar surface area (TPSA) is 0 Å². The van der Waals surface area contributed by atoms with Crippen molar-refractivity contribution in [2.24, 2.45) is 11.8 Å². The number of halogens is 1. The molecular formula is C10H15I. The van der Waals surface area contributed by atoms with Gasteiger partial charge in [-0.3, -0.25) is 0 Å². The van der Waals surface area contributed by atoms with Gasteiger partial charge in [-0.2, -0.15) is 0 Å². The lowest BCUT2D eigenvalue weighted by molar-refractivity contribution is 0.273. The predicted octanol–water partition coefficient (Wildman–Crippen LogP) is 3.56. The maximum atomic E-state index is 2.64. The Morgan fingerprint density at radius 2 is 2.00 bits per heavy atom. The number of allylic oxidation sites excluding steroid dienone is 2. The smallest absolute Gasteiger partial charge is 0.0178 e. The Morgan fingerprint density at radius 3 is 2.82 bits per heavy atom. The van der Waals surface area contributed by atoms with E-state index in [9.17, 15) is 0 Å². The number of hydrogen-bond donors (Lipinski definition) is 0. The van der Waals surface area contributed by atoms with Gasteiger partial charge in [0.25, 0.3) is 0 Å². The van der Waals surface area contributed by atoms with Crippen molar-refractivity contribution < 1.29 is 0 Å². The van der Waals surface area contributed by atoms with Gasteiger partial charge >= 0.3 is 0 Å². The van der Waals surface area contributed by atoms with Crippen molar-refractivity contribution in [3.05, 3.63) is 12.2 Å². The Bertz CT molecular complexity index is 162. The van der Waals surface area contributed by atoms with Gasteiger partial charge in [0.2, 0.25) is 0 Å². The highest BCUT2D eigenvalue weighted by Crippen LogP contribution is 2.40. The van der Waals surface area contributed by atoms with Gasteiger partial charge in [-0.25, -0.2) is 0 Å². The summed E-state index contributed by atoms with van der Waals surface area (Å²) in [6.45, 7) is 0. The lowest BCUT2D eigenvalue weighted by Crippen LogP contribution is -2.28. The van der Waals surface area contributed by atoms with E-state index in [2.05, 4.69) is 34.7 Å². The Balaban J connectivity index is 2.09. The van der Waals surface area contributed by atoms with Crippen LogP contribution < -0.4 is 0 Å². The summed E-state index contributed by atoms with van der Waals surface area (Å²) in [5.41, 5.74) is 0. The lowest BCUT2D eigenvalue weighted by Gasteiger charge is -2.35. The third-order valence-electron chi connectivity index (χ3n) is 3.08. The zero-order valence-corrected chi connectivity index (χ0v) is 8.96. The molecule has 3 unspecified atom stereocenters. The van der Waals surface area contributed by atoms with Crippen LogP contribution in [0.4, 0.5) is 0 Å². The average molecular weight is 262 g/mol. The van der Waals surface area contributed by atoms with Crippen molar-refractivity contribution in [1.29, 1.82) is 0 Å². The van der Waals surface area contributed by atoms with E-state index in [1.807, 2.05) is 0 Å². The van der Waals surface area contributed by atoms with E-state index in [0.717, 1.165) is 15.8 Å². The van der Waals surface area contributed by atoms with Crippen LogP contribution in [0.1, 0.15) is 32.1 Å². The molecule has 62 valence electrons. The van der Waals surface area contributed by atoms with Crippen molar-refractivity contribution in [3.8, 4) is 0 Å². The fourth-order valence-electron chi connectivity index (χ4n) is 2.43. The van der Waals surface area contributed by atoms with Gasteiger partial charge in [-0.05, 0) is 31.1 Å². The van der Waals surface area contributed by atoms with Crippen LogP contribution >= 0.6 is 22.6 Å². The highest BCUT2D eigenvalue weighted by molar-refractivity contribution is 14.1. The predicted molar refractivity (Wildman–Crippen MR) is 57.0 cm³/mol. The summed E-state index contributed by atoms with van der Waals surface area (Å²) >= 11 is 2.64. The van der Waals surface area contributed by atoms with Gasteiger partial charge in [0.1, 0.15) is 0 Å². The van der Waals surface area contributed by atoms with E-state index in [4.69, 9.17) is 0 Å². The van der Waals surface area contributed by atoms with Crippen LogP contribution in [0.25, 0.3) is 0 Å². The monoisotopic (exact) mass is 262 g/mol. The summed E-state index contributed by atoms with van der Waals surface area (Å²) in [6, 6.07) is 0.